The molecule has 0 aliphatic heterocycles. The second-order valence-electron chi connectivity index (χ2n) is 5.26. The molecule has 0 bridgehead atoms. The van der Waals surface area contributed by atoms with E-state index in [0.29, 0.717) is 28.7 Å². The molecule has 0 fully saturated rings. The molecule has 1 aromatic rings. The SMILES string of the molecule is COc1cc(C(=O)O[C@H](C)CC(C)C)cc(OC)c1OC. The summed E-state index contributed by atoms with van der Waals surface area (Å²) in [7, 11) is 4.53. The number of methoxy groups -OCH3 is 3. The van der Waals surface area contributed by atoms with Crippen LogP contribution in [0.15, 0.2) is 12.1 Å². The Hall–Kier alpha value is -1.91. The lowest BCUT2D eigenvalue weighted by atomic mass is 10.1. The molecule has 0 heterocycles. The minimum absolute atomic E-state index is 0.142. The molecule has 0 saturated carbocycles. The molecule has 0 aromatic heterocycles. The molecule has 1 aromatic carbocycles. The van der Waals surface area contributed by atoms with E-state index in [2.05, 4.69) is 13.8 Å². The average molecular weight is 296 g/mol. The Morgan fingerprint density at radius 2 is 1.52 bits per heavy atom. The van der Waals surface area contributed by atoms with Crippen molar-refractivity contribution in [1.29, 1.82) is 0 Å². The zero-order chi connectivity index (χ0) is 16.0. The normalized spacial score (nSPS) is 12.0. The highest BCUT2D eigenvalue weighted by atomic mass is 16.5. The van der Waals surface area contributed by atoms with Crippen molar-refractivity contribution in [2.75, 3.05) is 21.3 Å². The number of carbonyl (C=O) groups is 1. The van der Waals surface area contributed by atoms with Gasteiger partial charge in [-0.25, -0.2) is 4.79 Å². The molecule has 0 saturated heterocycles. The Labute approximate surface area is 126 Å². The Balaban J connectivity index is 2.99. The standard InChI is InChI=1S/C16H24O5/c1-10(2)7-11(3)21-16(17)12-8-13(18-4)15(20-6)14(9-12)19-5/h8-11H,7H2,1-6H3/t11-/m1/s1. The van der Waals surface area contributed by atoms with Gasteiger partial charge in [0.2, 0.25) is 5.75 Å². The van der Waals surface area contributed by atoms with E-state index < -0.39 is 5.97 Å². The van der Waals surface area contributed by atoms with Crippen LogP contribution in [0.5, 0.6) is 17.2 Å². The summed E-state index contributed by atoms with van der Waals surface area (Å²) in [5, 5.41) is 0. The topological polar surface area (TPSA) is 54.0 Å². The third kappa shape index (κ3) is 4.55. The van der Waals surface area contributed by atoms with E-state index in [1.807, 2.05) is 6.92 Å². The average Bonchev–Trinajstić information content (AvgIpc) is 2.44. The van der Waals surface area contributed by atoms with Crippen molar-refractivity contribution in [3.63, 3.8) is 0 Å². The quantitative estimate of drug-likeness (QED) is 0.723. The third-order valence-corrected chi connectivity index (χ3v) is 3.01. The number of benzene rings is 1. The summed E-state index contributed by atoms with van der Waals surface area (Å²) in [6, 6.07) is 3.18. The molecule has 118 valence electrons. The van der Waals surface area contributed by atoms with E-state index in [0.717, 1.165) is 6.42 Å². The minimum atomic E-state index is -0.401. The van der Waals surface area contributed by atoms with Crippen LogP contribution in [0.1, 0.15) is 37.6 Å². The van der Waals surface area contributed by atoms with Gasteiger partial charge >= 0.3 is 5.97 Å². The van der Waals surface area contributed by atoms with Crippen LogP contribution in [0.3, 0.4) is 0 Å². The molecule has 0 spiro atoms. The summed E-state index contributed by atoms with van der Waals surface area (Å²) < 4.78 is 21.1. The van der Waals surface area contributed by atoms with Gasteiger partial charge in [0.05, 0.1) is 33.0 Å². The number of rotatable bonds is 7. The van der Waals surface area contributed by atoms with E-state index in [1.54, 1.807) is 12.1 Å². The summed E-state index contributed by atoms with van der Waals surface area (Å²) in [4.78, 5) is 12.2. The molecule has 5 heteroatoms. The highest BCUT2D eigenvalue weighted by Crippen LogP contribution is 2.38. The van der Waals surface area contributed by atoms with Crippen LogP contribution in [0.2, 0.25) is 0 Å². The predicted octanol–water partition coefficient (Wildman–Crippen LogP) is 3.30. The molecule has 21 heavy (non-hydrogen) atoms. The van der Waals surface area contributed by atoms with Gasteiger partial charge in [-0.05, 0) is 31.4 Å². The van der Waals surface area contributed by atoms with Gasteiger partial charge in [-0.1, -0.05) is 13.8 Å². The predicted molar refractivity (Wildman–Crippen MR) is 80.4 cm³/mol. The second kappa shape index (κ2) is 7.76. The van der Waals surface area contributed by atoms with Gasteiger partial charge in [0.1, 0.15) is 0 Å². The zero-order valence-corrected chi connectivity index (χ0v) is 13.6. The number of hydrogen-bond acceptors (Lipinski definition) is 5. The van der Waals surface area contributed by atoms with E-state index >= 15 is 0 Å². The number of carbonyl (C=O) groups excluding carboxylic acids is 1. The van der Waals surface area contributed by atoms with Gasteiger partial charge in [-0.3, -0.25) is 0 Å². The third-order valence-electron chi connectivity index (χ3n) is 3.01. The van der Waals surface area contributed by atoms with Gasteiger partial charge in [0.25, 0.3) is 0 Å². The molecular formula is C16H24O5. The molecule has 0 aliphatic carbocycles. The first-order valence-corrected chi connectivity index (χ1v) is 6.93. The smallest absolute Gasteiger partial charge is 0.338 e. The van der Waals surface area contributed by atoms with Crippen molar-refractivity contribution in [3.8, 4) is 17.2 Å². The molecule has 0 unspecified atom stereocenters. The highest BCUT2D eigenvalue weighted by Gasteiger charge is 2.19. The first-order chi connectivity index (χ1) is 9.92. The van der Waals surface area contributed by atoms with Crippen LogP contribution in [0.4, 0.5) is 0 Å². The lowest BCUT2D eigenvalue weighted by Crippen LogP contribution is -2.17. The highest BCUT2D eigenvalue weighted by molar-refractivity contribution is 5.91. The van der Waals surface area contributed by atoms with E-state index in [1.165, 1.54) is 21.3 Å². The molecule has 0 amide bonds. The first kappa shape index (κ1) is 17.1. The molecule has 0 aliphatic rings. The van der Waals surface area contributed by atoms with Crippen LogP contribution < -0.4 is 14.2 Å². The van der Waals surface area contributed by atoms with Crippen molar-refractivity contribution in [2.45, 2.75) is 33.3 Å². The van der Waals surface area contributed by atoms with Gasteiger partial charge in [0.15, 0.2) is 11.5 Å². The maximum atomic E-state index is 12.2. The van der Waals surface area contributed by atoms with Crippen molar-refractivity contribution in [1.82, 2.24) is 0 Å². The van der Waals surface area contributed by atoms with Gasteiger partial charge in [-0.15, -0.1) is 0 Å². The Bertz CT molecular complexity index is 457. The minimum Gasteiger partial charge on any atom is -0.493 e. The lowest BCUT2D eigenvalue weighted by Gasteiger charge is -2.17. The molecule has 1 rings (SSSR count). The van der Waals surface area contributed by atoms with Crippen molar-refractivity contribution in [3.05, 3.63) is 17.7 Å². The van der Waals surface area contributed by atoms with Crippen LogP contribution in [0.25, 0.3) is 0 Å². The van der Waals surface area contributed by atoms with Crippen molar-refractivity contribution < 1.29 is 23.7 Å². The fourth-order valence-corrected chi connectivity index (χ4v) is 2.16. The summed E-state index contributed by atoms with van der Waals surface area (Å²) in [5.41, 5.74) is 0.375. The van der Waals surface area contributed by atoms with Gasteiger partial charge in [-0.2, -0.15) is 0 Å². The number of hydrogen-bond donors (Lipinski definition) is 0. The zero-order valence-electron chi connectivity index (χ0n) is 13.6. The van der Waals surface area contributed by atoms with Crippen LogP contribution in [-0.2, 0) is 4.74 Å². The van der Waals surface area contributed by atoms with Crippen LogP contribution in [-0.4, -0.2) is 33.4 Å². The fraction of sp³-hybridized carbons (Fsp3) is 0.562. The van der Waals surface area contributed by atoms with Crippen LogP contribution in [0, 0.1) is 5.92 Å². The van der Waals surface area contributed by atoms with Gasteiger partial charge in [0, 0.05) is 0 Å². The van der Waals surface area contributed by atoms with Crippen molar-refractivity contribution in [2.24, 2.45) is 5.92 Å². The number of ether oxygens (including phenoxy) is 4. The Kier molecular flexibility index (Phi) is 6.34. The van der Waals surface area contributed by atoms with E-state index in [-0.39, 0.29) is 6.10 Å². The largest absolute Gasteiger partial charge is 0.493 e. The number of esters is 1. The maximum absolute atomic E-state index is 12.2. The molecule has 0 N–H and O–H groups in total. The summed E-state index contributed by atoms with van der Waals surface area (Å²) in [6.07, 6.45) is 0.674. The molecule has 1 atom stereocenters. The van der Waals surface area contributed by atoms with Crippen molar-refractivity contribution >= 4 is 5.97 Å². The van der Waals surface area contributed by atoms with E-state index in [4.69, 9.17) is 18.9 Å². The summed E-state index contributed by atoms with van der Waals surface area (Å²) in [6.45, 7) is 6.06. The second-order valence-corrected chi connectivity index (χ2v) is 5.26. The molecule has 0 radical (unpaired) electrons. The summed E-state index contributed by atoms with van der Waals surface area (Å²) >= 11 is 0. The van der Waals surface area contributed by atoms with Crippen LogP contribution >= 0.6 is 0 Å². The molecular weight excluding hydrogens is 272 g/mol. The Morgan fingerprint density at radius 3 is 1.90 bits per heavy atom. The lowest BCUT2D eigenvalue weighted by molar-refractivity contribution is 0.0299. The fourth-order valence-electron chi connectivity index (χ4n) is 2.16. The monoisotopic (exact) mass is 296 g/mol. The Morgan fingerprint density at radius 1 is 1.00 bits per heavy atom. The first-order valence-electron chi connectivity index (χ1n) is 6.93. The maximum Gasteiger partial charge on any atom is 0.338 e. The molecule has 5 nitrogen and oxygen atoms in total. The van der Waals surface area contributed by atoms with Gasteiger partial charge < -0.3 is 18.9 Å². The summed E-state index contributed by atoms with van der Waals surface area (Å²) in [5.74, 6) is 1.38. The van der Waals surface area contributed by atoms with E-state index in [9.17, 15) is 4.79 Å².